The molecule has 0 radical (unpaired) electrons. The number of hydrogen-bond acceptors (Lipinski definition) is 6. The van der Waals surface area contributed by atoms with Crippen molar-refractivity contribution in [1.29, 1.82) is 0 Å². The van der Waals surface area contributed by atoms with Gasteiger partial charge in [0.05, 0.1) is 18.2 Å². The maximum absolute atomic E-state index is 12.7. The number of alkyl halides is 3. The predicted octanol–water partition coefficient (Wildman–Crippen LogP) is 2.81. The molecule has 5 rings (SSSR count). The predicted molar refractivity (Wildman–Crippen MR) is 112 cm³/mol. The van der Waals surface area contributed by atoms with Crippen molar-refractivity contribution in [2.24, 2.45) is 0 Å². The summed E-state index contributed by atoms with van der Waals surface area (Å²) in [5.74, 6) is -0.878. The first-order valence-electron chi connectivity index (χ1n) is 10.9. The number of ether oxygens (including phenoxy) is 2. The van der Waals surface area contributed by atoms with E-state index in [-0.39, 0.29) is 11.9 Å². The fourth-order valence-electron chi connectivity index (χ4n) is 4.33. The summed E-state index contributed by atoms with van der Waals surface area (Å²) in [5, 5.41) is 11.6. The zero-order chi connectivity index (χ0) is 24.3. The van der Waals surface area contributed by atoms with Gasteiger partial charge in [0.1, 0.15) is 0 Å². The molecule has 34 heavy (non-hydrogen) atoms. The minimum absolute atomic E-state index is 0.0888. The Morgan fingerprint density at radius 2 is 1.82 bits per heavy atom. The van der Waals surface area contributed by atoms with E-state index >= 15 is 0 Å². The van der Waals surface area contributed by atoms with Crippen molar-refractivity contribution in [3.05, 3.63) is 41.7 Å². The van der Waals surface area contributed by atoms with Crippen LogP contribution in [0.2, 0.25) is 0 Å². The maximum Gasteiger partial charge on any atom is 0.490 e. The Labute approximate surface area is 193 Å². The first kappa shape index (κ1) is 23.9. The highest BCUT2D eigenvalue weighted by Gasteiger charge is 2.38. The fraction of sp³-hybridized carbons (Fsp3) is 0.500. The van der Waals surface area contributed by atoms with Crippen molar-refractivity contribution in [3.8, 4) is 11.5 Å². The Morgan fingerprint density at radius 1 is 1.12 bits per heavy atom. The number of benzene rings is 1. The van der Waals surface area contributed by atoms with E-state index in [1.807, 2.05) is 21.8 Å². The van der Waals surface area contributed by atoms with Crippen molar-refractivity contribution in [2.45, 2.75) is 44.6 Å². The Morgan fingerprint density at radius 3 is 2.53 bits per heavy atom. The second kappa shape index (κ2) is 9.92. The van der Waals surface area contributed by atoms with Crippen LogP contribution in [0.25, 0.3) is 0 Å². The Kier molecular flexibility index (Phi) is 6.96. The van der Waals surface area contributed by atoms with Crippen LogP contribution in [0.1, 0.15) is 36.6 Å². The highest BCUT2D eigenvalue weighted by Crippen LogP contribution is 2.33. The molecule has 0 bridgehead atoms. The van der Waals surface area contributed by atoms with E-state index in [9.17, 15) is 18.0 Å². The summed E-state index contributed by atoms with van der Waals surface area (Å²) in [5.41, 5.74) is 2.36. The van der Waals surface area contributed by atoms with Crippen LogP contribution in [0.3, 0.4) is 0 Å². The molecule has 1 fully saturated rings. The van der Waals surface area contributed by atoms with Gasteiger partial charge < -0.3 is 19.5 Å². The number of hydrogen-bond donors (Lipinski definition) is 1. The average molecular weight is 482 g/mol. The molecule has 0 aliphatic carbocycles. The van der Waals surface area contributed by atoms with Gasteiger partial charge in [-0.1, -0.05) is 6.07 Å². The van der Waals surface area contributed by atoms with E-state index in [1.54, 1.807) is 0 Å². The number of nitrogens with zero attached hydrogens (tertiary/aromatic N) is 4. The second-order valence-corrected chi connectivity index (χ2v) is 8.37. The van der Waals surface area contributed by atoms with Gasteiger partial charge in [-0.05, 0) is 36.6 Å². The van der Waals surface area contributed by atoms with E-state index in [2.05, 4.69) is 28.2 Å². The van der Waals surface area contributed by atoms with Crippen LogP contribution < -0.4 is 9.47 Å². The lowest BCUT2D eigenvalue weighted by Gasteiger charge is -2.34. The number of aromatic nitrogens is 2. The molecule has 2 aromatic rings. The molecule has 0 spiro atoms. The van der Waals surface area contributed by atoms with Gasteiger partial charge in [-0.15, -0.1) is 0 Å². The van der Waals surface area contributed by atoms with Gasteiger partial charge in [0.15, 0.2) is 11.5 Å². The Hall–Kier alpha value is -3.28. The number of fused-ring (bicyclic) bond motifs is 2. The highest BCUT2D eigenvalue weighted by molar-refractivity contribution is 5.77. The van der Waals surface area contributed by atoms with Crippen LogP contribution in [-0.4, -0.2) is 69.2 Å². The normalized spacial score (nSPS) is 19.4. The van der Waals surface area contributed by atoms with Gasteiger partial charge in [0, 0.05) is 38.9 Å². The zero-order valence-electron chi connectivity index (χ0n) is 18.3. The molecule has 4 heterocycles. The second-order valence-electron chi connectivity index (χ2n) is 8.37. The number of carboxylic acids is 1. The monoisotopic (exact) mass is 482 g/mol. The molecule has 1 aromatic carbocycles. The number of amides is 1. The van der Waals surface area contributed by atoms with E-state index in [1.165, 1.54) is 11.3 Å². The lowest BCUT2D eigenvalue weighted by atomic mass is 10.1. The highest BCUT2D eigenvalue weighted by atomic mass is 19.4. The summed E-state index contributed by atoms with van der Waals surface area (Å²) >= 11 is 0. The van der Waals surface area contributed by atoms with E-state index < -0.39 is 12.1 Å². The smallest absolute Gasteiger partial charge is 0.475 e. The molecule has 184 valence electrons. The molecule has 1 atom stereocenters. The Bertz CT molecular complexity index is 1040. The summed E-state index contributed by atoms with van der Waals surface area (Å²) in [6.07, 6.45) is -0.474. The topological polar surface area (TPSA) is 97.1 Å². The van der Waals surface area contributed by atoms with Gasteiger partial charge in [0.2, 0.25) is 12.7 Å². The first-order chi connectivity index (χ1) is 16.2. The number of likely N-dealkylation sites (tertiary alicyclic amines) is 1. The molecule has 1 amide bonds. The number of rotatable bonds is 4. The average Bonchev–Trinajstić information content (AvgIpc) is 3.54. The first-order valence-corrected chi connectivity index (χ1v) is 10.9. The largest absolute Gasteiger partial charge is 0.490 e. The number of carbonyl (C=O) groups excluding carboxylic acids is 1. The minimum atomic E-state index is -5.08. The van der Waals surface area contributed by atoms with E-state index in [0.717, 1.165) is 57.1 Å². The van der Waals surface area contributed by atoms with Crippen LogP contribution in [0.15, 0.2) is 30.5 Å². The third kappa shape index (κ3) is 5.61. The van der Waals surface area contributed by atoms with Gasteiger partial charge in [-0.2, -0.15) is 18.3 Å². The lowest BCUT2D eigenvalue weighted by molar-refractivity contribution is -0.192. The van der Waals surface area contributed by atoms with Gasteiger partial charge in [-0.25, -0.2) is 4.79 Å². The maximum atomic E-state index is 12.7. The van der Waals surface area contributed by atoms with Gasteiger partial charge in [0.25, 0.3) is 0 Å². The lowest BCUT2D eigenvalue weighted by Crippen LogP contribution is -2.40. The van der Waals surface area contributed by atoms with Gasteiger partial charge >= 0.3 is 12.1 Å². The van der Waals surface area contributed by atoms with Crippen LogP contribution in [0.5, 0.6) is 11.5 Å². The van der Waals surface area contributed by atoms with Crippen molar-refractivity contribution >= 4 is 11.9 Å². The third-order valence-electron chi connectivity index (χ3n) is 5.91. The number of aliphatic carboxylic acids is 1. The van der Waals surface area contributed by atoms with E-state index in [0.29, 0.717) is 13.2 Å². The molecule has 3 aliphatic rings. The fourth-order valence-corrected chi connectivity index (χ4v) is 4.33. The molecular weight excluding hydrogens is 457 g/mol. The molecule has 1 unspecified atom stereocenters. The quantitative estimate of drug-likeness (QED) is 0.716. The molecule has 1 saturated heterocycles. The summed E-state index contributed by atoms with van der Waals surface area (Å²) in [4.78, 5) is 26.0. The van der Waals surface area contributed by atoms with Crippen molar-refractivity contribution < 1.29 is 37.3 Å². The summed E-state index contributed by atoms with van der Waals surface area (Å²) < 4.78 is 44.7. The SMILES string of the molecule is O=C(CC1CN(Cc2ccc3c(c2)OCO3)Cc2ccnn21)N1CCCC1.O=C(O)C(F)(F)F. The third-order valence-corrected chi connectivity index (χ3v) is 5.91. The van der Waals surface area contributed by atoms with Gasteiger partial charge in [-0.3, -0.25) is 14.4 Å². The summed E-state index contributed by atoms with van der Waals surface area (Å²) in [6.45, 7) is 4.57. The van der Waals surface area contributed by atoms with Crippen LogP contribution in [0.4, 0.5) is 13.2 Å². The van der Waals surface area contributed by atoms with Crippen molar-refractivity contribution in [3.63, 3.8) is 0 Å². The molecule has 12 heteroatoms. The molecule has 3 aliphatic heterocycles. The number of halogens is 3. The van der Waals surface area contributed by atoms with Crippen LogP contribution in [-0.2, 0) is 22.7 Å². The van der Waals surface area contributed by atoms with Crippen LogP contribution in [0, 0.1) is 0 Å². The molecular formula is C22H25F3N4O5. The van der Waals surface area contributed by atoms with Crippen molar-refractivity contribution in [2.75, 3.05) is 26.4 Å². The minimum Gasteiger partial charge on any atom is -0.475 e. The van der Waals surface area contributed by atoms with E-state index in [4.69, 9.17) is 19.4 Å². The number of carboxylic acid groups (broad SMARTS) is 1. The number of carbonyl (C=O) groups is 2. The zero-order valence-corrected chi connectivity index (χ0v) is 18.3. The molecule has 1 N–H and O–H groups in total. The Balaban J connectivity index is 0.000000344. The molecule has 1 aromatic heterocycles. The summed E-state index contributed by atoms with van der Waals surface area (Å²) in [6, 6.07) is 8.26. The van der Waals surface area contributed by atoms with Crippen LogP contribution >= 0.6 is 0 Å². The molecule has 0 saturated carbocycles. The standard InChI is InChI=1S/C20H24N4O3.C2HF3O2/c25-20(23-7-1-2-8-23)10-17-13-22(12-16-5-6-21-24(16)17)11-15-3-4-18-19(9-15)27-14-26-18;3-2(4,5)1(6)7/h3-6,9,17H,1-2,7-8,10-14H2;(H,6,7). The molecule has 9 nitrogen and oxygen atoms in total. The van der Waals surface area contributed by atoms with Crippen molar-refractivity contribution in [1.82, 2.24) is 19.6 Å². The summed E-state index contributed by atoms with van der Waals surface area (Å²) in [7, 11) is 0.